The van der Waals surface area contributed by atoms with Crippen molar-refractivity contribution in [2.75, 3.05) is 26.7 Å². The first-order chi connectivity index (χ1) is 14.4. The van der Waals surface area contributed by atoms with Crippen LogP contribution in [-0.2, 0) is 14.3 Å². The lowest BCUT2D eigenvalue weighted by Gasteiger charge is -2.31. The van der Waals surface area contributed by atoms with E-state index in [0.717, 1.165) is 30.6 Å². The topological polar surface area (TPSA) is 91.0 Å². The third kappa shape index (κ3) is 3.67. The maximum atomic E-state index is 13.4. The summed E-state index contributed by atoms with van der Waals surface area (Å²) in [5, 5.41) is 5.83. The largest absolute Gasteiger partial charge is 0.376 e. The molecule has 1 saturated heterocycles. The summed E-state index contributed by atoms with van der Waals surface area (Å²) in [5.74, 6) is -0.434. The fourth-order valence-corrected chi connectivity index (χ4v) is 4.31. The molecule has 0 aliphatic carbocycles. The Labute approximate surface area is 176 Å². The van der Waals surface area contributed by atoms with Gasteiger partial charge in [-0.15, -0.1) is 0 Å². The summed E-state index contributed by atoms with van der Waals surface area (Å²) in [4.78, 5) is 41.6. The molecule has 1 aromatic carbocycles. The van der Waals surface area contributed by atoms with E-state index in [0.29, 0.717) is 17.8 Å². The van der Waals surface area contributed by atoms with E-state index in [1.807, 2.05) is 31.2 Å². The fourth-order valence-electron chi connectivity index (χ4n) is 4.31. The number of likely N-dealkylation sites (N-methyl/N-ethyl adjacent to an activating group) is 1. The van der Waals surface area contributed by atoms with Gasteiger partial charge in [-0.3, -0.25) is 14.5 Å². The number of hydrogen-bond donors (Lipinski definition) is 2. The minimum Gasteiger partial charge on any atom is -0.376 e. The normalized spacial score (nSPS) is 24.8. The molecular weight excluding hydrogens is 384 g/mol. The van der Waals surface area contributed by atoms with Gasteiger partial charge in [-0.1, -0.05) is 29.8 Å². The zero-order valence-electron chi connectivity index (χ0n) is 17.6. The van der Waals surface area contributed by atoms with E-state index in [1.165, 1.54) is 9.80 Å². The summed E-state index contributed by atoms with van der Waals surface area (Å²) in [5.41, 5.74) is 3.08. The summed E-state index contributed by atoms with van der Waals surface area (Å²) in [7, 11) is 1.65. The van der Waals surface area contributed by atoms with Crippen molar-refractivity contribution in [2.24, 2.45) is 0 Å². The first-order valence-corrected chi connectivity index (χ1v) is 10.4. The molecule has 4 amide bonds. The maximum absolute atomic E-state index is 13.4. The van der Waals surface area contributed by atoms with E-state index >= 15 is 0 Å². The van der Waals surface area contributed by atoms with Crippen LogP contribution in [0.2, 0.25) is 0 Å². The Morgan fingerprint density at radius 2 is 2.17 bits per heavy atom. The van der Waals surface area contributed by atoms with Gasteiger partial charge in [0.1, 0.15) is 6.04 Å². The van der Waals surface area contributed by atoms with Gasteiger partial charge >= 0.3 is 6.03 Å². The molecular formula is C22H28N4O4. The maximum Gasteiger partial charge on any atom is 0.322 e. The van der Waals surface area contributed by atoms with Gasteiger partial charge in [0.2, 0.25) is 5.91 Å². The number of urea groups is 1. The Kier molecular flexibility index (Phi) is 5.51. The van der Waals surface area contributed by atoms with Crippen molar-refractivity contribution >= 4 is 17.8 Å². The standard InChI is InChI=1S/C22H28N4O4/c1-13-6-4-7-15(10-13)19-18-17(25(3)22(29)24-19)12-26(21(18)28)14(2)20(27)23-11-16-8-5-9-30-16/h4,6-7,10,14,16,19H,5,8-9,11-12H2,1-3H3,(H,23,27)(H,24,29). The van der Waals surface area contributed by atoms with E-state index in [-0.39, 0.29) is 30.5 Å². The molecule has 0 saturated carbocycles. The molecule has 0 radical (unpaired) electrons. The molecule has 1 fully saturated rings. The van der Waals surface area contributed by atoms with Gasteiger partial charge in [-0.05, 0) is 32.3 Å². The van der Waals surface area contributed by atoms with Crippen molar-refractivity contribution in [1.29, 1.82) is 0 Å². The Morgan fingerprint density at radius 1 is 1.37 bits per heavy atom. The second kappa shape index (κ2) is 8.10. The number of hydrogen-bond acceptors (Lipinski definition) is 4. The van der Waals surface area contributed by atoms with Gasteiger partial charge in [-0.25, -0.2) is 4.79 Å². The van der Waals surface area contributed by atoms with E-state index < -0.39 is 12.1 Å². The van der Waals surface area contributed by atoms with Crippen molar-refractivity contribution in [3.63, 3.8) is 0 Å². The highest BCUT2D eigenvalue weighted by atomic mass is 16.5. The van der Waals surface area contributed by atoms with Crippen molar-refractivity contribution in [3.8, 4) is 0 Å². The number of benzene rings is 1. The summed E-state index contributed by atoms with van der Waals surface area (Å²) in [6, 6.07) is 6.32. The number of rotatable bonds is 5. The van der Waals surface area contributed by atoms with Gasteiger partial charge in [0.05, 0.1) is 30.0 Å². The predicted octanol–water partition coefficient (Wildman–Crippen LogP) is 1.47. The molecule has 8 heteroatoms. The van der Waals surface area contributed by atoms with E-state index in [2.05, 4.69) is 10.6 Å². The first kappa shape index (κ1) is 20.4. The molecule has 0 bridgehead atoms. The molecule has 3 heterocycles. The molecule has 3 unspecified atom stereocenters. The average Bonchev–Trinajstić information content (AvgIpc) is 3.36. The second-order valence-electron chi connectivity index (χ2n) is 8.21. The van der Waals surface area contributed by atoms with Crippen LogP contribution in [0.1, 0.15) is 36.9 Å². The number of carbonyl (C=O) groups excluding carboxylic acids is 3. The molecule has 160 valence electrons. The molecule has 1 aromatic rings. The predicted molar refractivity (Wildman–Crippen MR) is 110 cm³/mol. The van der Waals surface area contributed by atoms with Gasteiger partial charge in [0, 0.05) is 20.2 Å². The molecule has 3 aliphatic rings. The average molecular weight is 412 g/mol. The molecule has 30 heavy (non-hydrogen) atoms. The molecule has 0 aromatic heterocycles. The van der Waals surface area contributed by atoms with Crippen LogP contribution in [0.3, 0.4) is 0 Å². The van der Waals surface area contributed by atoms with Crippen LogP contribution in [0.4, 0.5) is 4.79 Å². The van der Waals surface area contributed by atoms with Crippen LogP contribution >= 0.6 is 0 Å². The lowest BCUT2D eigenvalue weighted by molar-refractivity contribution is -0.136. The van der Waals surface area contributed by atoms with Crippen LogP contribution in [0, 0.1) is 6.92 Å². The monoisotopic (exact) mass is 412 g/mol. The Balaban J connectivity index is 1.53. The third-order valence-corrected chi connectivity index (χ3v) is 6.14. The third-order valence-electron chi connectivity index (χ3n) is 6.14. The van der Waals surface area contributed by atoms with Gasteiger partial charge in [0.15, 0.2) is 0 Å². The van der Waals surface area contributed by atoms with Crippen molar-refractivity contribution in [3.05, 3.63) is 46.7 Å². The number of aryl methyl sites for hydroxylation is 1. The van der Waals surface area contributed by atoms with Gasteiger partial charge < -0.3 is 20.3 Å². The lowest BCUT2D eigenvalue weighted by Crippen LogP contribution is -2.48. The van der Waals surface area contributed by atoms with Gasteiger partial charge in [0.25, 0.3) is 5.91 Å². The highest BCUT2D eigenvalue weighted by Gasteiger charge is 2.45. The van der Waals surface area contributed by atoms with Crippen molar-refractivity contribution < 1.29 is 19.1 Å². The highest BCUT2D eigenvalue weighted by molar-refractivity contribution is 6.03. The summed E-state index contributed by atoms with van der Waals surface area (Å²) < 4.78 is 5.55. The summed E-state index contributed by atoms with van der Waals surface area (Å²) in [6.07, 6.45) is 1.98. The Bertz CT molecular complexity index is 906. The molecule has 4 rings (SSSR count). The van der Waals surface area contributed by atoms with Crippen molar-refractivity contribution in [1.82, 2.24) is 20.4 Å². The van der Waals surface area contributed by atoms with Crippen LogP contribution in [-0.4, -0.2) is 66.5 Å². The molecule has 0 spiro atoms. The van der Waals surface area contributed by atoms with Crippen LogP contribution < -0.4 is 10.6 Å². The molecule has 8 nitrogen and oxygen atoms in total. The number of amides is 4. The van der Waals surface area contributed by atoms with E-state index in [1.54, 1.807) is 14.0 Å². The zero-order valence-corrected chi connectivity index (χ0v) is 17.6. The quantitative estimate of drug-likeness (QED) is 0.766. The van der Waals surface area contributed by atoms with Gasteiger partial charge in [-0.2, -0.15) is 0 Å². The van der Waals surface area contributed by atoms with Crippen LogP contribution in [0.25, 0.3) is 0 Å². The number of carbonyl (C=O) groups is 3. The number of ether oxygens (including phenoxy) is 1. The second-order valence-corrected chi connectivity index (χ2v) is 8.21. The molecule has 3 atom stereocenters. The lowest BCUT2D eigenvalue weighted by atomic mass is 9.94. The minimum atomic E-state index is -0.647. The van der Waals surface area contributed by atoms with Crippen molar-refractivity contribution in [2.45, 2.75) is 44.9 Å². The number of nitrogens with zero attached hydrogens (tertiary/aromatic N) is 2. The molecule has 2 N–H and O–H groups in total. The smallest absolute Gasteiger partial charge is 0.322 e. The fraction of sp³-hybridized carbons (Fsp3) is 0.500. The Morgan fingerprint density at radius 3 is 2.87 bits per heavy atom. The minimum absolute atomic E-state index is 0.0421. The van der Waals surface area contributed by atoms with E-state index in [4.69, 9.17) is 4.74 Å². The van der Waals surface area contributed by atoms with Crippen LogP contribution in [0.15, 0.2) is 35.5 Å². The SMILES string of the molecule is Cc1cccc(C2NC(=O)N(C)C3=C2C(=O)N(C(C)C(=O)NCC2CCCO2)C3)c1. The van der Waals surface area contributed by atoms with E-state index in [9.17, 15) is 14.4 Å². The highest BCUT2D eigenvalue weighted by Crippen LogP contribution is 2.36. The Hall–Kier alpha value is -2.87. The summed E-state index contributed by atoms with van der Waals surface area (Å²) in [6.45, 7) is 5.10. The first-order valence-electron chi connectivity index (χ1n) is 10.4. The number of nitrogens with one attached hydrogen (secondary N) is 2. The van der Waals surface area contributed by atoms with Crippen LogP contribution in [0.5, 0.6) is 0 Å². The zero-order chi connectivity index (χ0) is 21.4. The molecule has 3 aliphatic heterocycles. The summed E-state index contributed by atoms with van der Waals surface area (Å²) >= 11 is 0.